The van der Waals surface area contributed by atoms with E-state index in [1.807, 2.05) is 14.0 Å². The summed E-state index contributed by atoms with van der Waals surface area (Å²) < 4.78 is 5.18. The fourth-order valence-corrected chi connectivity index (χ4v) is 1.32. The maximum Gasteiger partial charge on any atom is 0.221 e. The molecule has 0 radical (unpaired) electrons. The molecule has 4 heteroatoms. The predicted molar refractivity (Wildman–Crippen MR) is 56.9 cm³/mol. The SMILES string of the molecule is CCCc1nc(NC)c(C)c(OC)n1. The lowest BCUT2D eigenvalue weighted by Gasteiger charge is -2.10. The van der Waals surface area contributed by atoms with E-state index in [4.69, 9.17) is 4.74 Å². The van der Waals surface area contributed by atoms with Crippen LogP contribution in [0.15, 0.2) is 0 Å². The Balaban J connectivity index is 3.11. The lowest BCUT2D eigenvalue weighted by atomic mass is 10.3. The van der Waals surface area contributed by atoms with Crippen molar-refractivity contribution in [3.63, 3.8) is 0 Å². The normalized spacial score (nSPS) is 10.0. The van der Waals surface area contributed by atoms with Crippen LogP contribution < -0.4 is 10.1 Å². The Bertz CT molecular complexity index is 287. The van der Waals surface area contributed by atoms with Gasteiger partial charge in [-0.1, -0.05) is 6.92 Å². The first-order valence-corrected chi connectivity index (χ1v) is 4.82. The molecule has 1 N–H and O–H groups in total. The number of hydrogen-bond donors (Lipinski definition) is 1. The second-order valence-corrected chi connectivity index (χ2v) is 3.12. The molecule has 0 fully saturated rings. The molecule has 0 saturated carbocycles. The maximum atomic E-state index is 5.18. The van der Waals surface area contributed by atoms with Crippen LogP contribution in [0.4, 0.5) is 5.82 Å². The summed E-state index contributed by atoms with van der Waals surface area (Å²) in [4.78, 5) is 8.70. The molecule has 1 heterocycles. The van der Waals surface area contributed by atoms with E-state index in [0.717, 1.165) is 30.0 Å². The fourth-order valence-electron chi connectivity index (χ4n) is 1.32. The molecule has 1 rings (SSSR count). The summed E-state index contributed by atoms with van der Waals surface area (Å²) in [5, 5.41) is 3.04. The van der Waals surface area contributed by atoms with E-state index in [2.05, 4.69) is 22.2 Å². The standard InChI is InChI=1S/C10H17N3O/c1-5-6-8-12-9(11-3)7(2)10(13-8)14-4/h5-6H2,1-4H3,(H,11,12,13). The van der Waals surface area contributed by atoms with Crippen LogP contribution in [0.2, 0.25) is 0 Å². The molecule has 4 nitrogen and oxygen atoms in total. The average molecular weight is 195 g/mol. The molecular formula is C10H17N3O. The molecule has 0 bridgehead atoms. The van der Waals surface area contributed by atoms with Crippen molar-refractivity contribution in [2.45, 2.75) is 26.7 Å². The Labute approximate surface area is 84.7 Å². The van der Waals surface area contributed by atoms with Crippen molar-refractivity contribution in [2.24, 2.45) is 0 Å². The molecule has 0 spiro atoms. The molecule has 78 valence electrons. The lowest BCUT2D eigenvalue weighted by Crippen LogP contribution is -2.05. The smallest absolute Gasteiger partial charge is 0.221 e. The molecule has 0 aliphatic rings. The largest absolute Gasteiger partial charge is 0.481 e. The zero-order valence-corrected chi connectivity index (χ0v) is 9.22. The van der Waals surface area contributed by atoms with Gasteiger partial charge in [-0.15, -0.1) is 0 Å². The van der Waals surface area contributed by atoms with Gasteiger partial charge in [0.15, 0.2) is 0 Å². The number of hydrogen-bond acceptors (Lipinski definition) is 4. The minimum absolute atomic E-state index is 0.660. The summed E-state index contributed by atoms with van der Waals surface area (Å²) in [5.74, 6) is 2.34. The zero-order valence-electron chi connectivity index (χ0n) is 9.22. The van der Waals surface area contributed by atoms with E-state index in [1.165, 1.54) is 0 Å². The zero-order chi connectivity index (χ0) is 10.6. The van der Waals surface area contributed by atoms with Gasteiger partial charge in [0.2, 0.25) is 5.88 Å². The number of aryl methyl sites for hydroxylation is 1. The van der Waals surface area contributed by atoms with Crippen LogP contribution in [-0.2, 0) is 6.42 Å². The second-order valence-electron chi connectivity index (χ2n) is 3.12. The Morgan fingerprint density at radius 2 is 2.07 bits per heavy atom. The number of nitrogens with one attached hydrogen (secondary N) is 1. The van der Waals surface area contributed by atoms with Gasteiger partial charge in [-0.3, -0.25) is 0 Å². The first-order chi connectivity index (χ1) is 6.72. The Morgan fingerprint density at radius 3 is 2.57 bits per heavy atom. The molecule has 0 unspecified atom stereocenters. The molecule has 1 aromatic rings. The Kier molecular flexibility index (Phi) is 3.68. The minimum Gasteiger partial charge on any atom is -0.481 e. The third kappa shape index (κ3) is 2.13. The quantitative estimate of drug-likeness (QED) is 0.795. The fraction of sp³-hybridized carbons (Fsp3) is 0.600. The molecular weight excluding hydrogens is 178 g/mol. The molecule has 1 aromatic heterocycles. The van der Waals surface area contributed by atoms with Gasteiger partial charge < -0.3 is 10.1 Å². The number of anilines is 1. The average Bonchev–Trinajstić information content (AvgIpc) is 2.20. The predicted octanol–water partition coefficient (Wildman–Crippen LogP) is 1.79. The molecule has 0 amide bonds. The molecule has 0 aliphatic heterocycles. The van der Waals surface area contributed by atoms with Crippen molar-refractivity contribution in [2.75, 3.05) is 19.5 Å². The van der Waals surface area contributed by atoms with Gasteiger partial charge in [0.05, 0.1) is 12.7 Å². The van der Waals surface area contributed by atoms with E-state index in [0.29, 0.717) is 5.88 Å². The first-order valence-electron chi connectivity index (χ1n) is 4.82. The van der Waals surface area contributed by atoms with Crippen LogP contribution in [0.1, 0.15) is 24.7 Å². The maximum absolute atomic E-state index is 5.18. The van der Waals surface area contributed by atoms with E-state index in [9.17, 15) is 0 Å². The summed E-state index contributed by atoms with van der Waals surface area (Å²) >= 11 is 0. The van der Waals surface area contributed by atoms with Crippen molar-refractivity contribution < 1.29 is 4.74 Å². The summed E-state index contributed by atoms with van der Waals surface area (Å²) in [5.41, 5.74) is 0.954. The highest BCUT2D eigenvalue weighted by molar-refractivity contribution is 5.47. The van der Waals surface area contributed by atoms with Crippen LogP contribution in [0, 0.1) is 6.92 Å². The molecule has 0 saturated heterocycles. The van der Waals surface area contributed by atoms with Crippen molar-refractivity contribution in [3.8, 4) is 5.88 Å². The van der Waals surface area contributed by atoms with Crippen molar-refractivity contribution >= 4 is 5.82 Å². The van der Waals surface area contributed by atoms with Gasteiger partial charge in [0, 0.05) is 13.5 Å². The molecule has 0 atom stereocenters. The topological polar surface area (TPSA) is 47.0 Å². The summed E-state index contributed by atoms with van der Waals surface area (Å²) in [7, 11) is 3.48. The Hall–Kier alpha value is -1.32. The first kappa shape index (κ1) is 10.8. The number of aromatic nitrogens is 2. The van der Waals surface area contributed by atoms with Crippen LogP contribution >= 0.6 is 0 Å². The monoisotopic (exact) mass is 195 g/mol. The van der Waals surface area contributed by atoms with E-state index >= 15 is 0 Å². The highest BCUT2D eigenvalue weighted by atomic mass is 16.5. The van der Waals surface area contributed by atoms with Crippen LogP contribution in [0.5, 0.6) is 5.88 Å². The van der Waals surface area contributed by atoms with Crippen molar-refractivity contribution in [1.29, 1.82) is 0 Å². The molecule has 14 heavy (non-hydrogen) atoms. The van der Waals surface area contributed by atoms with Gasteiger partial charge in [-0.2, -0.15) is 4.98 Å². The molecule has 0 aromatic carbocycles. The van der Waals surface area contributed by atoms with Gasteiger partial charge >= 0.3 is 0 Å². The minimum atomic E-state index is 0.660. The second kappa shape index (κ2) is 4.79. The summed E-state index contributed by atoms with van der Waals surface area (Å²) in [6.07, 6.45) is 1.92. The van der Waals surface area contributed by atoms with Gasteiger partial charge in [-0.25, -0.2) is 4.98 Å². The highest BCUT2D eigenvalue weighted by Crippen LogP contribution is 2.21. The lowest BCUT2D eigenvalue weighted by molar-refractivity contribution is 0.391. The number of ether oxygens (including phenoxy) is 1. The number of nitrogens with zero attached hydrogens (tertiary/aromatic N) is 2. The van der Waals surface area contributed by atoms with Crippen LogP contribution in [0.3, 0.4) is 0 Å². The third-order valence-corrected chi connectivity index (χ3v) is 2.05. The Morgan fingerprint density at radius 1 is 1.36 bits per heavy atom. The number of methoxy groups -OCH3 is 1. The highest BCUT2D eigenvalue weighted by Gasteiger charge is 2.09. The van der Waals surface area contributed by atoms with Gasteiger partial charge in [0.25, 0.3) is 0 Å². The third-order valence-electron chi connectivity index (χ3n) is 2.05. The van der Waals surface area contributed by atoms with E-state index < -0.39 is 0 Å². The summed E-state index contributed by atoms with van der Waals surface area (Å²) in [6, 6.07) is 0. The van der Waals surface area contributed by atoms with Gasteiger partial charge in [-0.05, 0) is 13.3 Å². The van der Waals surface area contributed by atoms with Crippen LogP contribution in [0.25, 0.3) is 0 Å². The van der Waals surface area contributed by atoms with Crippen molar-refractivity contribution in [1.82, 2.24) is 9.97 Å². The van der Waals surface area contributed by atoms with Gasteiger partial charge in [0.1, 0.15) is 11.6 Å². The van der Waals surface area contributed by atoms with Crippen molar-refractivity contribution in [3.05, 3.63) is 11.4 Å². The van der Waals surface area contributed by atoms with Crippen LogP contribution in [-0.4, -0.2) is 24.1 Å². The van der Waals surface area contributed by atoms with E-state index in [-0.39, 0.29) is 0 Å². The number of rotatable bonds is 4. The van der Waals surface area contributed by atoms with E-state index in [1.54, 1.807) is 7.11 Å². The molecule has 0 aliphatic carbocycles. The summed E-state index contributed by atoms with van der Waals surface area (Å²) in [6.45, 7) is 4.05.